The summed E-state index contributed by atoms with van der Waals surface area (Å²) in [5, 5.41) is 9.49. The van der Waals surface area contributed by atoms with E-state index in [2.05, 4.69) is 0 Å². The Morgan fingerprint density at radius 1 is 1.50 bits per heavy atom. The molecule has 0 aromatic heterocycles. The van der Waals surface area contributed by atoms with Crippen LogP contribution in [0.3, 0.4) is 0 Å². The van der Waals surface area contributed by atoms with E-state index < -0.39 is 15.8 Å². The maximum atomic E-state index is 11.6. The maximum Gasteiger partial charge on any atom is 0.337 e. The molecule has 1 aliphatic heterocycles. The van der Waals surface area contributed by atoms with Crippen LogP contribution < -0.4 is 10.6 Å². The van der Waals surface area contributed by atoms with Crippen LogP contribution in [0.4, 0.5) is 11.4 Å². The smallest absolute Gasteiger partial charge is 0.337 e. The Labute approximate surface area is 122 Å². The highest BCUT2D eigenvalue weighted by Gasteiger charge is 2.31. The lowest BCUT2D eigenvalue weighted by Gasteiger charge is -2.36. The minimum absolute atomic E-state index is 0.0128. The number of carboxylic acids is 1. The number of anilines is 2. The number of hydrogen-bond donors (Lipinski definition) is 2. The van der Waals surface area contributed by atoms with Gasteiger partial charge >= 0.3 is 5.97 Å². The number of halogens is 1. The fourth-order valence-corrected chi connectivity index (χ4v) is 4.30. The summed E-state index contributed by atoms with van der Waals surface area (Å²) in [4.78, 5) is 13.1. The van der Waals surface area contributed by atoms with E-state index >= 15 is 0 Å². The van der Waals surface area contributed by atoms with Gasteiger partial charge in [-0.2, -0.15) is 0 Å². The molecule has 1 aromatic carbocycles. The highest BCUT2D eigenvalue weighted by atomic mass is 35.5. The lowest BCUT2D eigenvalue weighted by atomic mass is 10.1. The summed E-state index contributed by atoms with van der Waals surface area (Å²) < 4.78 is 23.2. The van der Waals surface area contributed by atoms with Crippen LogP contribution in [-0.4, -0.2) is 43.6 Å². The first-order valence-electron chi connectivity index (χ1n) is 6.00. The maximum absolute atomic E-state index is 11.6. The Bertz CT molecular complexity index is 660. The number of aromatic carboxylic acids is 1. The molecule has 20 heavy (non-hydrogen) atoms. The minimum atomic E-state index is -3.08. The number of nitrogen functional groups attached to an aromatic ring is 1. The van der Waals surface area contributed by atoms with Crippen LogP contribution in [0.1, 0.15) is 17.3 Å². The number of rotatable bonds is 2. The highest BCUT2D eigenvalue weighted by Crippen LogP contribution is 2.35. The average Bonchev–Trinajstić information content (AvgIpc) is 2.28. The van der Waals surface area contributed by atoms with E-state index in [1.54, 1.807) is 11.8 Å². The second-order valence-corrected chi connectivity index (χ2v) is 7.50. The van der Waals surface area contributed by atoms with Crippen molar-refractivity contribution in [2.24, 2.45) is 0 Å². The van der Waals surface area contributed by atoms with E-state index in [4.69, 9.17) is 17.3 Å². The molecule has 1 atom stereocenters. The van der Waals surface area contributed by atoms with E-state index in [0.29, 0.717) is 5.69 Å². The molecule has 6 nitrogen and oxygen atoms in total. The van der Waals surface area contributed by atoms with Crippen LogP contribution in [0.15, 0.2) is 12.1 Å². The van der Waals surface area contributed by atoms with Crippen LogP contribution in [0, 0.1) is 0 Å². The first kappa shape index (κ1) is 14.9. The molecule has 8 heteroatoms. The second kappa shape index (κ2) is 5.14. The van der Waals surface area contributed by atoms with Gasteiger partial charge in [-0.05, 0) is 19.1 Å². The topological polar surface area (TPSA) is 101 Å². The van der Waals surface area contributed by atoms with Crippen LogP contribution in [0.2, 0.25) is 5.02 Å². The Morgan fingerprint density at radius 3 is 2.70 bits per heavy atom. The molecule has 1 aliphatic rings. The van der Waals surface area contributed by atoms with Gasteiger partial charge in [0.05, 0.1) is 27.8 Å². The average molecular weight is 319 g/mol. The highest BCUT2D eigenvalue weighted by molar-refractivity contribution is 7.91. The summed E-state index contributed by atoms with van der Waals surface area (Å²) in [6.45, 7) is 1.95. The van der Waals surface area contributed by atoms with Crippen molar-refractivity contribution in [3.8, 4) is 0 Å². The largest absolute Gasteiger partial charge is 0.478 e. The summed E-state index contributed by atoms with van der Waals surface area (Å²) in [6, 6.07) is 2.46. The van der Waals surface area contributed by atoms with E-state index in [9.17, 15) is 18.3 Å². The Morgan fingerprint density at radius 2 is 2.15 bits per heavy atom. The summed E-state index contributed by atoms with van der Waals surface area (Å²) in [5.74, 6) is -1.18. The zero-order chi connectivity index (χ0) is 15.1. The van der Waals surface area contributed by atoms with E-state index in [0.717, 1.165) is 0 Å². The molecule has 110 valence electrons. The fourth-order valence-electron chi connectivity index (χ4n) is 2.41. The first-order valence-corrected chi connectivity index (χ1v) is 8.20. The van der Waals surface area contributed by atoms with E-state index in [1.165, 1.54) is 12.1 Å². The fraction of sp³-hybridized carbons (Fsp3) is 0.417. The zero-order valence-electron chi connectivity index (χ0n) is 10.8. The predicted molar refractivity (Wildman–Crippen MR) is 78.3 cm³/mol. The summed E-state index contributed by atoms with van der Waals surface area (Å²) in [5.41, 5.74) is 6.19. The summed E-state index contributed by atoms with van der Waals surface area (Å²) in [7, 11) is -3.08. The van der Waals surface area contributed by atoms with Gasteiger partial charge in [0.1, 0.15) is 0 Å². The van der Waals surface area contributed by atoms with Crippen LogP contribution in [-0.2, 0) is 9.84 Å². The SMILES string of the molecule is CC1CS(=O)(=O)CCN1c1c(Cl)cc(N)cc1C(=O)O. The van der Waals surface area contributed by atoms with Crippen molar-refractivity contribution in [1.29, 1.82) is 0 Å². The Balaban J connectivity index is 2.50. The summed E-state index contributed by atoms with van der Waals surface area (Å²) >= 11 is 6.11. The zero-order valence-corrected chi connectivity index (χ0v) is 12.4. The normalized spacial score (nSPS) is 21.7. The van der Waals surface area contributed by atoms with Gasteiger partial charge in [0, 0.05) is 18.3 Å². The number of nitrogens with zero attached hydrogens (tertiary/aromatic N) is 1. The van der Waals surface area contributed by atoms with E-state index in [1.807, 2.05) is 0 Å². The molecule has 1 saturated heterocycles. The van der Waals surface area contributed by atoms with E-state index in [-0.39, 0.29) is 40.4 Å². The van der Waals surface area contributed by atoms with Gasteiger partial charge < -0.3 is 15.7 Å². The molecule has 0 amide bonds. The van der Waals surface area contributed by atoms with Crippen molar-refractivity contribution in [3.63, 3.8) is 0 Å². The molecule has 0 saturated carbocycles. The van der Waals surface area contributed by atoms with Crippen molar-refractivity contribution in [2.75, 3.05) is 28.7 Å². The van der Waals surface area contributed by atoms with Crippen molar-refractivity contribution in [1.82, 2.24) is 0 Å². The molecule has 0 bridgehead atoms. The number of hydrogen-bond acceptors (Lipinski definition) is 5. The molecule has 2 rings (SSSR count). The predicted octanol–water partition coefficient (Wildman–Crippen LogP) is 1.24. The minimum Gasteiger partial charge on any atom is -0.478 e. The molecule has 1 fully saturated rings. The van der Waals surface area contributed by atoms with Crippen LogP contribution >= 0.6 is 11.6 Å². The third-order valence-electron chi connectivity index (χ3n) is 3.27. The lowest BCUT2D eigenvalue weighted by molar-refractivity contribution is 0.0697. The molecule has 1 heterocycles. The Hall–Kier alpha value is -1.47. The number of nitrogens with two attached hydrogens (primary N) is 1. The molecule has 1 aromatic rings. The van der Waals surface area contributed by atoms with Gasteiger partial charge in [-0.15, -0.1) is 0 Å². The van der Waals surface area contributed by atoms with Gasteiger partial charge in [0.15, 0.2) is 9.84 Å². The van der Waals surface area contributed by atoms with Gasteiger partial charge in [0.2, 0.25) is 0 Å². The van der Waals surface area contributed by atoms with Crippen molar-refractivity contribution >= 4 is 38.8 Å². The number of sulfone groups is 1. The Kier molecular flexibility index (Phi) is 3.84. The van der Waals surface area contributed by atoms with Crippen molar-refractivity contribution in [3.05, 3.63) is 22.7 Å². The van der Waals surface area contributed by atoms with Gasteiger partial charge in [-0.3, -0.25) is 0 Å². The van der Waals surface area contributed by atoms with Crippen LogP contribution in [0.25, 0.3) is 0 Å². The van der Waals surface area contributed by atoms with Gasteiger partial charge in [-0.1, -0.05) is 11.6 Å². The lowest BCUT2D eigenvalue weighted by Crippen LogP contribution is -2.47. The monoisotopic (exact) mass is 318 g/mol. The molecule has 0 radical (unpaired) electrons. The number of carboxylic acid groups (broad SMARTS) is 1. The number of benzene rings is 1. The van der Waals surface area contributed by atoms with Crippen LogP contribution in [0.5, 0.6) is 0 Å². The molecule has 0 aliphatic carbocycles. The molecule has 3 N–H and O–H groups in total. The summed E-state index contributed by atoms with van der Waals surface area (Å²) in [6.07, 6.45) is 0. The van der Waals surface area contributed by atoms with Gasteiger partial charge in [0.25, 0.3) is 0 Å². The third-order valence-corrected chi connectivity index (χ3v) is 5.36. The molecular formula is C12H15ClN2O4S. The van der Waals surface area contributed by atoms with Gasteiger partial charge in [-0.25, -0.2) is 13.2 Å². The second-order valence-electron chi connectivity index (χ2n) is 4.86. The first-order chi connectivity index (χ1) is 9.21. The molecular weight excluding hydrogens is 304 g/mol. The number of carbonyl (C=O) groups is 1. The molecule has 1 unspecified atom stereocenters. The molecule has 0 spiro atoms. The quantitative estimate of drug-likeness (QED) is 0.796. The van der Waals surface area contributed by atoms with Crippen molar-refractivity contribution < 1.29 is 18.3 Å². The van der Waals surface area contributed by atoms with Crippen molar-refractivity contribution in [2.45, 2.75) is 13.0 Å². The third kappa shape index (κ3) is 2.83. The standard InChI is InChI=1S/C12H15ClN2O4S/c1-7-6-20(18,19)3-2-15(7)11-9(12(16)17)4-8(14)5-10(11)13/h4-5,7H,2-3,6,14H2,1H3,(H,16,17).